The minimum Gasteiger partial charge on any atom is -0.273 e. The van der Waals surface area contributed by atoms with Crippen LogP contribution >= 0.6 is 46.3 Å². The van der Waals surface area contributed by atoms with Gasteiger partial charge in [-0.15, -0.1) is 11.8 Å². The molecule has 2 heterocycles. The number of nitrogens with zero attached hydrogens (tertiary/aromatic N) is 2. The van der Waals surface area contributed by atoms with Gasteiger partial charge in [0.2, 0.25) is 5.91 Å². The molecule has 122 valence electrons. The highest BCUT2D eigenvalue weighted by Gasteiger charge is 2.38. The molecule has 0 aliphatic carbocycles. The van der Waals surface area contributed by atoms with Gasteiger partial charge in [-0.2, -0.15) is 0 Å². The van der Waals surface area contributed by atoms with Crippen molar-refractivity contribution in [3.8, 4) is 0 Å². The molecule has 1 atom stereocenters. The molecule has 0 radical (unpaired) electrons. The largest absolute Gasteiger partial charge is 0.273 e. The number of thioether (sulfide) groups is 1. The number of anilines is 1. The summed E-state index contributed by atoms with van der Waals surface area (Å²) in [5.41, 5.74) is 0.947. The Bertz CT molecular complexity index is 942. The molecule has 1 fully saturated rings. The van der Waals surface area contributed by atoms with E-state index in [0.717, 1.165) is 4.70 Å². The van der Waals surface area contributed by atoms with Gasteiger partial charge in [0.25, 0.3) is 0 Å². The molecule has 0 spiro atoms. The highest BCUT2D eigenvalue weighted by molar-refractivity contribution is 8.00. The molecule has 0 saturated carbocycles. The lowest BCUT2D eigenvalue weighted by Crippen LogP contribution is -2.28. The fourth-order valence-corrected chi connectivity index (χ4v) is 5.52. The Labute approximate surface area is 155 Å². The average Bonchev–Trinajstić information content (AvgIpc) is 3.12. The van der Waals surface area contributed by atoms with Crippen molar-refractivity contribution in [2.75, 3.05) is 10.7 Å². The molecule has 4 rings (SSSR count). The molecule has 1 aliphatic heterocycles. The van der Waals surface area contributed by atoms with Crippen molar-refractivity contribution < 1.29 is 9.18 Å². The van der Waals surface area contributed by atoms with E-state index in [9.17, 15) is 9.18 Å². The van der Waals surface area contributed by atoms with Crippen LogP contribution in [0.2, 0.25) is 10.0 Å². The topological polar surface area (TPSA) is 33.2 Å². The minimum atomic E-state index is -0.537. The second-order valence-electron chi connectivity index (χ2n) is 5.15. The summed E-state index contributed by atoms with van der Waals surface area (Å²) in [4.78, 5) is 18.4. The monoisotopic (exact) mass is 398 g/mol. The number of rotatable bonds is 2. The molecule has 3 aromatic rings. The van der Waals surface area contributed by atoms with Crippen LogP contribution in [0.25, 0.3) is 10.2 Å². The van der Waals surface area contributed by atoms with E-state index in [1.165, 1.54) is 34.1 Å². The zero-order valence-corrected chi connectivity index (χ0v) is 15.1. The van der Waals surface area contributed by atoms with Gasteiger partial charge in [-0.25, -0.2) is 9.37 Å². The first-order chi connectivity index (χ1) is 11.6. The number of para-hydroxylation sites is 1. The van der Waals surface area contributed by atoms with Crippen molar-refractivity contribution in [2.24, 2.45) is 0 Å². The molecular weight excluding hydrogens is 390 g/mol. The maximum Gasteiger partial charge on any atom is 0.240 e. The molecular formula is C16H9Cl2FN2OS2. The lowest BCUT2D eigenvalue weighted by molar-refractivity contribution is -0.115. The zero-order chi connectivity index (χ0) is 16.8. The van der Waals surface area contributed by atoms with Crippen molar-refractivity contribution >= 4 is 67.6 Å². The predicted octanol–water partition coefficient (Wildman–Crippen LogP) is 5.52. The Morgan fingerprint density at radius 1 is 1.17 bits per heavy atom. The molecule has 1 unspecified atom stereocenters. The fourth-order valence-electron chi connectivity index (χ4n) is 2.60. The first-order valence-electron chi connectivity index (χ1n) is 6.99. The minimum absolute atomic E-state index is 0.125. The van der Waals surface area contributed by atoms with Crippen LogP contribution in [0.5, 0.6) is 0 Å². The van der Waals surface area contributed by atoms with Crippen LogP contribution in [0.4, 0.5) is 9.52 Å². The van der Waals surface area contributed by atoms with Crippen molar-refractivity contribution in [1.29, 1.82) is 0 Å². The van der Waals surface area contributed by atoms with Crippen LogP contribution in [0.1, 0.15) is 10.9 Å². The van der Waals surface area contributed by atoms with Crippen LogP contribution in [0, 0.1) is 5.82 Å². The molecule has 1 aliphatic rings. The summed E-state index contributed by atoms with van der Waals surface area (Å²) in [7, 11) is 0. The average molecular weight is 399 g/mol. The van der Waals surface area contributed by atoms with Crippen molar-refractivity contribution in [1.82, 2.24) is 4.98 Å². The number of halogens is 3. The Hall–Kier alpha value is -1.34. The Morgan fingerprint density at radius 3 is 2.67 bits per heavy atom. The van der Waals surface area contributed by atoms with E-state index in [2.05, 4.69) is 4.98 Å². The summed E-state index contributed by atoms with van der Waals surface area (Å²) in [5.74, 6) is -0.308. The number of thiazole rings is 1. The molecule has 1 amide bonds. The van der Waals surface area contributed by atoms with Gasteiger partial charge in [0, 0.05) is 10.6 Å². The molecule has 24 heavy (non-hydrogen) atoms. The molecule has 0 bridgehead atoms. The lowest BCUT2D eigenvalue weighted by atomic mass is 10.2. The van der Waals surface area contributed by atoms with E-state index in [4.69, 9.17) is 23.2 Å². The van der Waals surface area contributed by atoms with Crippen LogP contribution in [-0.4, -0.2) is 16.6 Å². The van der Waals surface area contributed by atoms with Crippen LogP contribution in [0.15, 0.2) is 36.4 Å². The number of carbonyl (C=O) groups excluding carboxylic acids is 1. The second kappa shape index (κ2) is 6.19. The summed E-state index contributed by atoms with van der Waals surface area (Å²) in [6, 6.07) is 9.98. The summed E-state index contributed by atoms with van der Waals surface area (Å²) >= 11 is 15.0. The van der Waals surface area contributed by atoms with E-state index in [-0.39, 0.29) is 11.7 Å². The highest BCUT2D eigenvalue weighted by atomic mass is 35.5. The first kappa shape index (κ1) is 16.1. The van der Waals surface area contributed by atoms with E-state index < -0.39 is 11.2 Å². The maximum absolute atomic E-state index is 14.3. The maximum atomic E-state index is 14.3. The van der Waals surface area contributed by atoms with Crippen LogP contribution < -0.4 is 4.90 Å². The lowest BCUT2D eigenvalue weighted by Gasteiger charge is -2.22. The zero-order valence-electron chi connectivity index (χ0n) is 12.0. The fraction of sp³-hybridized carbons (Fsp3) is 0.125. The van der Waals surface area contributed by atoms with Gasteiger partial charge in [0.05, 0.1) is 15.5 Å². The number of carbonyl (C=O) groups is 1. The predicted molar refractivity (Wildman–Crippen MR) is 98.7 cm³/mol. The molecule has 8 heteroatoms. The number of amides is 1. The van der Waals surface area contributed by atoms with Crippen molar-refractivity contribution in [3.05, 3.63) is 57.8 Å². The summed E-state index contributed by atoms with van der Waals surface area (Å²) in [6.45, 7) is 0. The van der Waals surface area contributed by atoms with E-state index in [1.54, 1.807) is 18.2 Å². The second-order valence-corrected chi connectivity index (χ2v) is 8.04. The number of hydrogen-bond acceptors (Lipinski definition) is 4. The molecule has 1 saturated heterocycles. The van der Waals surface area contributed by atoms with Gasteiger partial charge in [0.15, 0.2) is 5.13 Å². The molecule has 3 nitrogen and oxygen atoms in total. The van der Waals surface area contributed by atoms with Gasteiger partial charge in [-0.05, 0) is 24.3 Å². The van der Waals surface area contributed by atoms with Crippen LogP contribution in [-0.2, 0) is 4.79 Å². The van der Waals surface area contributed by atoms with Gasteiger partial charge in [-0.3, -0.25) is 9.69 Å². The Kier molecular flexibility index (Phi) is 4.16. The van der Waals surface area contributed by atoms with Gasteiger partial charge in [0.1, 0.15) is 16.7 Å². The number of aromatic nitrogens is 1. The Balaban J connectivity index is 1.84. The molecule has 2 aromatic carbocycles. The quantitative estimate of drug-likeness (QED) is 0.569. The normalized spacial score (nSPS) is 17.9. The SMILES string of the molecule is O=C1CSC(c2c(F)cccc2Cl)N1c1nc2c(Cl)cccc2s1. The third-order valence-electron chi connectivity index (χ3n) is 3.68. The number of benzene rings is 2. The summed E-state index contributed by atoms with van der Waals surface area (Å²) in [5, 5.41) is 0.782. The standard InChI is InChI=1S/C16H9Cl2FN2OS2/c17-8-3-1-5-10(19)13(8)15-21(12(22)7-23-15)16-20-14-9(18)4-2-6-11(14)24-16/h1-6,15H,7H2. The van der Waals surface area contributed by atoms with Crippen molar-refractivity contribution in [2.45, 2.75) is 5.37 Å². The third-order valence-corrected chi connectivity index (χ3v) is 6.51. The number of hydrogen-bond donors (Lipinski definition) is 0. The molecule has 1 aromatic heterocycles. The first-order valence-corrected chi connectivity index (χ1v) is 9.61. The number of fused-ring (bicyclic) bond motifs is 1. The third kappa shape index (κ3) is 2.58. The van der Waals surface area contributed by atoms with E-state index >= 15 is 0 Å². The Morgan fingerprint density at radius 2 is 1.92 bits per heavy atom. The van der Waals surface area contributed by atoms with E-state index in [1.807, 2.05) is 12.1 Å². The summed E-state index contributed by atoms with van der Waals surface area (Å²) in [6.07, 6.45) is 0. The van der Waals surface area contributed by atoms with Crippen LogP contribution in [0.3, 0.4) is 0 Å². The smallest absolute Gasteiger partial charge is 0.240 e. The van der Waals surface area contributed by atoms with Crippen molar-refractivity contribution in [3.63, 3.8) is 0 Å². The van der Waals surface area contributed by atoms with Gasteiger partial charge >= 0.3 is 0 Å². The molecule has 0 N–H and O–H groups in total. The van der Waals surface area contributed by atoms with E-state index in [0.29, 0.717) is 26.3 Å². The summed E-state index contributed by atoms with van der Waals surface area (Å²) < 4.78 is 15.2. The van der Waals surface area contributed by atoms with Gasteiger partial charge < -0.3 is 0 Å². The highest BCUT2D eigenvalue weighted by Crippen LogP contribution is 2.47. The van der Waals surface area contributed by atoms with Gasteiger partial charge in [-0.1, -0.05) is 46.7 Å².